The molecule has 1 aliphatic rings. The zero-order chi connectivity index (χ0) is 13.6. The van der Waals surface area contributed by atoms with Crippen LogP contribution in [0.2, 0.25) is 0 Å². The Balaban J connectivity index is 2.16. The van der Waals surface area contributed by atoms with E-state index in [1.807, 2.05) is 19.1 Å². The van der Waals surface area contributed by atoms with E-state index in [9.17, 15) is 9.90 Å². The van der Waals surface area contributed by atoms with Gasteiger partial charge in [-0.15, -0.1) is 0 Å². The van der Waals surface area contributed by atoms with Gasteiger partial charge in [-0.3, -0.25) is 4.79 Å². The van der Waals surface area contributed by atoms with Crippen LogP contribution in [0.15, 0.2) is 12.1 Å². The van der Waals surface area contributed by atoms with Gasteiger partial charge in [0.2, 0.25) is 0 Å². The van der Waals surface area contributed by atoms with E-state index in [1.54, 1.807) is 7.11 Å². The molecule has 1 aromatic carbocycles. The third kappa shape index (κ3) is 1.87. The minimum Gasteiger partial charge on any atom is -0.497 e. The summed E-state index contributed by atoms with van der Waals surface area (Å²) in [5.41, 5.74) is 4.58. The molecule has 0 saturated carbocycles. The Bertz CT molecular complexity index is 657. The predicted molar refractivity (Wildman–Crippen MR) is 72.7 cm³/mol. The zero-order valence-corrected chi connectivity index (χ0v) is 11.1. The predicted octanol–water partition coefficient (Wildman–Crippen LogP) is 2.67. The second-order valence-corrected chi connectivity index (χ2v) is 5.23. The van der Waals surface area contributed by atoms with E-state index in [-0.39, 0.29) is 5.92 Å². The minimum absolute atomic E-state index is 0.266. The highest BCUT2D eigenvalue weighted by molar-refractivity contribution is 5.89. The van der Waals surface area contributed by atoms with Gasteiger partial charge in [0.25, 0.3) is 0 Å². The number of nitrogens with one attached hydrogen (secondary N) is 1. The summed E-state index contributed by atoms with van der Waals surface area (Å²) in [6.45, 7) is 2.04. The van der Waals surface area contributed by atoms with Crippen LogP contribution in [0.5, 0.6) is 5.75 Å². The molecule has 19 heavy (non-hydrogen) atoms. The second kappa shape index (κ2) is 4.30. The molecule has 1 heterocycles. The molecular formula is C15H17NO3. The topological polar surface area (TPSA) is 62.3 Å². The fraction of sp³-hybridized carbons (Fsp3) is 0.400. The Morgan fingerprint density at radius 3 is 2.95 bits per heavy atom. The Kier molecular flexibility index (Phi) is 2.73. The maximum atomic E-state index is 11.2. The van der Waals surface area contributed by atoms with Crippen molar-refractivity contribution in [2.75, 3.05) is 7.11 Å². The number of benzene rings is 1. The first kappa shape index (κ1) is 12.1. The standard InChI is InChI=1S/C15H17NO3/c1-8-5-10(19-2)7-12-11-6-9(15(17)18)3-4-13(11)16-14(8)12/h5,7,9,16H,3-4,6H2,1-2H3,(H,17,18). The smallest absolute Gasteiger partial charge is 0.306 e. The summed E-state index contributed by atoms with van der Waals surface area (Å²) in [4.78, 5) is 14.6. The fourth-order valence-electron chi connectivity index (χ4n) is 2.99. The quantitative estimate of drug-likeness (QED) is 0.871. The highest BCUT2D eigenvalue weighted by Crippen LogP contribution is 2.35. The van der Waals surface area contributed by atoms with E-state index >= 15 is 0 Å². The first-order valence-electron chi connectivity index (χ1n) is 6.51. The molecule has 3 rings (SSSR count). The number of aromatic nitrogens is 1. The number of aliphatic carboxylic acids is 1. The van der Waals surface area contributed by atoms with E-state index in [4.69, 9.17) is 4.74 Å². The molecule has 100 valence electrons. The highest BCUT2D eigenvalue weighted by atomic mass is 16.5. The Morgan fingerprint density at radius 2 is 2.26 bits per heavy atom. The maximum Gasteiger partial charge on any atom is 0.306 e. The van der Waals surface area contributed by atoms with Gasteiger partial charge >= 0.3 is 5.97 Å². The van der Waals surface area contributed by atoms with Gasteiger partial charge in [-0.1, -0.05) is 0 Å². The van der Waals surface area contributed by atoms with Crippen molar-refractivity contribution in [3.05, 3.63) is 29.0 Å². The molecule has 2 N–H and O–H groups in total. The van der Waals surface area contributed by atoms with Crippen molar-refractivity contribution in [1.29, 1.82) is 0 Å². The lowest BCUT2D eigenvalue weighted by Gasteiger charge is -2.18. The number of hydrogen-bond donors (Lipinski definition) is 2. The first-order valence-corrected chi connectivity index (χ1v) is 6.51. The molecular weight excluding hydrogens is 242 g/mol. The summed E-state index contributed by atoms with van der Waals surface area (Å²) in [7, 11) is 1.65. The van der Waals surface area contributed by atoms with Gasteiger partial charge in [-0.25, -0.2) is 0 Å². The minimum atomic E-state index is -0.695. The van der Waals surface area contributed by atoms with E-state index in [2.05, 4.69) is 4.98 Å². The number of ether oxygens (including phenoxy) is 1. The third-order valence-corrected chi connectivity index (χ3v) is 4.05. The van der Waals surface area contributed by atoms with Crippen molar-refractivity contribution >= 4 is 16.9 Å². The van der Waals surface area contributed by atoms with Crippen LogP contribution >= 0.6 is 0 Å². The van der Waals surface area contributed by atoms with Crippen LogP contribution in [0.25, 0.3) is 10.9 Å². The lowest BCUT2D eigenvalue weighted by Crippen LogP contribution is -2.21. The lowest BCUT2D eigenvalue weighted by atomic mass is 9.86. The van der Waals surface area contributed by atoms with Crippen LogP contribution in [-0.4, -0.2) is 23.2 Å². The maximum absolute atomic E-state index is 11.2. The number of carbonyl (C=O) groups is 1. The van der Waals surface area contributed by atoms with E-state index in [1.165, 1.54) is 5.69 Å². The Morgan fingerprint density at radius 1 is 1.47 bits per heavy atom. The summed E-state index contributed by atoms with van der Waals surface area (Å²) in [6, 6.07) is 4.00. The molecule has 0 aliphatic heterocycles. The van der Waals surface area contributed by atoms with Crippen LogP contribution in [-0.2, 0) is 17.6 Å². The average Bonchev–Trinajstić information content (AvgIpc) is 2.77. The van der Waals surface area contributed by atoms with Crippen molar-refractivity contribution in [2.45, 2.75) is 26.2 Å². The number of aromatic amines is 1. The molecule has 0 bridgehead atoms. The first-order chi connectivity index (χ1) is 9.10. The van der Waals surface area contributed by atoms with Gasteiger partial charge in [-0.05, 0) is 49.4 Å². The fourth-order valence-corrected chi connectivity index (χ4v) is 2.99. The SMILES string of the molecule is COc1cc(C)c2[nH]c3c(c2c1)CC(C(=O)O)CC3. The Hall–Kier alpha value is -1.97. The molecule has 0 amide bonds. The summed E-state index contributed by atoms with van der Waals surface area (Å²) in [5.74, 6) is -0.137. The number of rotatable bonds is 2. The number of fused-ring (bicyclic) bond motifs is 3. The lowest BCUT2D eigenvalue weighted by molar-refractivity contribution is -0.142. The van der Waals surface area contributed by atoms with Gasteiger partial charge < -0.3 is 14.8 Å². The summed E-state index contributed by atoms with van der Waals surface area (Å²) < 4.78 is 5.31. The van der Waals surface area contributed by atoms with Crippen LogP contribution in [0.1, 0.15) is 23.2 Å². The van der Waals surface area contributed by atoms with Crippen LogP contribution in [0.4, 0.5) is 0 Å². The number of hydrogen-bond acceptors (Lipinski definition) is 2. The molecule has 0 fully saturated rings. The summed E-state index contributed by atoms with van der Waals surface area (Å²) in [5, 5.41) is 10.3. The molecule has 1 atom stereocenters. The number of methoxy groups -OCH3 is 1. The van der Waals surface area contributed by atoms with Gasteiger partial charge in [-0.2, -0.15) is 0 Å². The van der Waals surface area contributed by atoms with Crippen molar-refractivity contribution < 1.29 is 14.6 Å². The monoisotopic (exact) mass is 259 g/mol. The van der Waals surface area contributed by atoms with Gasteiger partial charge in [0.1, 0.15) is 5.75 Å². The summed E-state index contributed by atoms with van der Waals surface area (Å²) in [6.07, 6.45) is 2.13. The highest BCUT2D eigenvalue weighted by Gasteiger charge is 2.27. The molecule has 0 radical (unpaired) electrons. The second-order valence-electron chi connectivity index (χ2n) is 5.23. The summed E-state index contributed by atoms with van der Waals surface area (Å²) >= 11 is 0. The van der Waals surface area contributed by atoms with E-state index in [0.717, 1.165) is 34.2 Å². The normalized spacial score (nSPS) is 18.3. The molecule has 0 spiro atoms. The third-order valence-electron chi connectivity index (χ3n) is 4.05. The van der Waals surface area contributed by atoms with Crippen LogP contribution < -0.4 is 4.74 Å². The number of aryl methyl sites for hydroxylation is 2. The molecule has 2 aromatic rings. The van der Waals surface area contributed by atoms with Gasteiger partial charge in [0.05, 0.1) is 13.0 Å². The number of carboxylic acid groups (broad SMARTS) is 1. The number of carboxylic acids is 1. The van der Waals surface area contributed by atoms with E-state index in [0.29, 0.717) is 12.8 Å². The average molecular weight is 259 g/mol. The van der Waals surface area contributed by atoms with Crippen LogP contribution in [0.3, 0.4) is 0 Å². The van der Waals surface area contributed by atoms with Crippen molar-refractivity contribution in [3.63, 3.8) is 0 Å². The van der Waals surface area contributed by atoms with Crippen molar-refractivity contribution in [1.82, 2.24) is 4.98 Å². The Labute approximate surface area is 111 Å². The molecule has 1 aliphatic carbocycles. The molecule has 4 heteroatoms. The molecule has 4 nitrogen and oxygen atoms in total. The van der Waals surface area contributed by atoms with E-state index < -0.39 is 5.97 Å². The number of H-pyrrole nitrogens is 1. The van der Waals surface area contributed by atoms with Crippen molar-refractivity contribution in [3.8, 4) is 5.75 Å². The van der Waals surface area contributed by atoms with Crippen LogP contribution in [0, 0.1) is 12.8 Å². The van der Waals surface area contributed by atoms with Gasteiger partial charge in [0.15, 0.2) is 0 Å². The molecule has 1 unspecified atom stereocenters. The van der Waals surface area contributed by atoms with Crippen molar-refractivity contribution in [2.24, 2.45) is 5.92 Å². The van der Waals surface area contributed by atoms with Gasteiger partial charge in [0, 0.05) is 16.6 Å². The largest absolute Gasteiger partial charge is 0.497 e. The molecule has 0 saturated heterocycles. The molecule has 1 aromatic heterocycles. The zero-order valence-electron chi connectivity index (χ0n) is 11.1.